The molecule has 3 atom stereocenters. The van der Waals surface area contributed by atoms with Gasteiger partial charge in [0.1, 0.15) is 12.3 Å². The summed E-state index contributed by atoms with van der Waals surface area (Å²) in [4.78, 5) is 25.3. The maximum Gasteiger partial charge on any atom is 0.324 e. The Bertz CT molecular complexity index is 682. The molecular weight excluding hydrogens is 426 g/mol. The second kappa shape index (κ2) is 14.1. The predicted octanol–water partition coefficient (Wildman–Crippen LogP) is 1.35. The highest BCUT2D eigenvalue weighted by Crippen LogP contribution is 2.20. The van der Waals surface area contributed by atoms with E-state index in [1.54, 1.807) is 14.2 Å². The highest BCUT2D eigenvalue weighted by molar-refractivity contribution is 5.83. The van der Waals surface area contributed by atoms with Crippen molar-refractivity contribution in [1.82, 2.24) is 21.1 Å². The molecule has 0 radical (unpaired) electrons. The Morgan fingerprint density at radius 1 is 1.39 bits per heavy atom. The first-order valence-corrected chi connectivity index (χ1v) is 11.5. The fourth-order valence-corrected chi connectivity index (χ4v) is 2.88. The Balaban J connectivity index is 2.55. The van der Waals surface area contributed by atoms with Crippen LogP contribution < -0.4 is 21.8 Å². The van der Waals surface area contributed by atoms with Crippen molar-refractivity contribution in [2.24, 2.45) is 11.1 Å². The minimum absolute atomic E-state index is 0.0784. The van der Waals surface area contributed by atoms with Crippen LogP contribution in [0.15, 0.2) is 24.2 Å². The van der Waals surface area contributed by atoms with Gasteiger partial charge in [-0.15, -0.1) is 0 Å². The van der Waals surface area contributed by atoms with Crippen LogP contribution in [0.1, 0.15) is 53.4 Å². The van der Waals surface area contributed by atoms with Crippen molar-refractivity contribution in [2.45, 2.75) is 71.6 Å². The first-order chi connectivity index (χ1) is 15.5. The lowest BCUT2D eigenvalue weighted by atomic mass is 9.92. The number of ether oxygens (including phenoxy) is 3. The number of carbonyl (C=O) groups is 2. The molecule has 0 aromatic heterocycles. The number of hydrazine groups is 1. The average molecular weight is 470 g/mol. The van der Waals surface area contributed by atoms with Crippen LogP contribution in [-0.2, 0) is 23.8 Å². The fourth-order valence-electron chi connectivity index (χ4n) is 2.88. The number of hydrogen-bond acceptors (Lipinski definition) is 9. The molecule has 1 rings (SSSR count). The normalized spacial score (nSPS) is 18.8. The third kappa shape index (κ3) is 10.0. The van der Waals surface area contributed by atoms with Crippen molar-refractivity contribution in [3.05, 3.63) is 24.2 Å². The van der Waals surface area contributed by atoms with Gasteiger partial charge in [-0.25, -0.2) is 5.43 Å². The third-order valence-electron chi connectivity index (χ3n) is 5.83. The standard InChI is InChI=1S/C23H43N5O5/c1-8-23(4,5)14-33-22(30)20-10-9-11-28(27-20)21(29)19(24)12-18(25-6)13-32-15-26-16(2)17(3)31-7/h13,17,19-20,25-27H,2,8-12,14-15,24H2,1,3-7H3/b18-13-/t17-,19-,20-/m0/s1. The summed E-state index contributed by atoms with van der Waals surface area (Å²) in [6.45, 7) is 12.9. The Hall–Kier alpha value is -2.30. The summed E-state index contributed by atoms with van der Waals surface area (Å²) in [6.07, 6.45) is 3.84. The molecule has 1 heterocycles. The summed E-state index contributed by atoms with van der Waals surface area (Å²) in [5.41, 5.74) is 10.4. The van der Waals surface area contributed by atoms with E-state index in [9.17, 15) is 9.59 Å². The molecule has 0 saturated carbocycles. The molecule has 1 saturated heterocycles. The molecule has 1 fully saturated rings. The Kier molecular flexibility index (Phi) is 12.2. The van der Waals surface area contributed by atoms with E-state index in [2.05, 4.69) is 29.6 Å². The van der Waals surface area contributed by atoms with Crippen LogP contribution in [0.4, 0.5) is 0 Å². The van der Waals surface area contributed by atoms with Crippen LogP contribution in [0.2, 0.25) is 0 Å². The van der Waals surface area contributed by atoms with Crippen molar-refractivity contribution < 1.29 is 23.8 Å². The largest absolute Gasteiger partial charge is 0.479 e. The number of esters is 1. The van der Waals surface area contributed by atoms with Crippen LogP contribution in [0.25, 0.3) is 0 Å². The number of nitrogens with one attached hydrogen (secondary N) is 3. The quantitative estimate of drug-likeness (QED) is 0.129. The van der Waals surface area contributed by atoms with Gasteiger partial charge < -0.3 is 30.6 Å². The van der Waals surface area contributed by atoms with Gasteiger partial charge in [0.05, 0.1) is 18.8 Å². The smallest absolute Gasteiger partial charge is 0.324 e. The number of methoxy groups -OCH3 is 1. The van der Waals surface area contributed by atoms with Crippen molar-refractivity contribution in [3.63, 3.8) is 0 Å². The number of nitrogens with zero attached hydrogens (tertiary/aromatic N) is 1. The first-order valence-electron chi connectivity index (χ1n) is 11.5. The van der Waals surface area contributed by atoms with Crippen LogP contribution in [0, 0.1) is 5.41 Å². The Morgan fingerprint density at radius 3 is 2.70 bits per heavy atom. The van der Waals surface area contributed by atoms with Gasteiger partial charge in [-0.3, -0.25) is 14.6 Å². The van der Waals surface area contributed by atoms with Crippen molar-refractivity contribution in [3.8, 4) is 0 Å². The predicted molar refractivity (Wildman–Crippen MR) is 127 cm³/mol. The number of nitrogens with two attached hydrogens (primary N) is 1. The Morgan fingerprint density at radius 2 is 2.09 bits per heavy atom. The SMILES string of the molecule is C=C(NCO/C=C(/C[C@H](N)C(=O)N1CCC[C@@H](C(=O)OCC(C)(C)CC)N1)NC)[C@H](C)OC. The lowest BCUT2D eigenvalue weighted by molar-refractivity contribution is -0.154. The van der Waals surface area contributed by atoms with Gasteiger partial charge in [0.2, 0.25) is 0 Å². The van der Waals surface area contributed by atoms with Gasteiger partial charge in [0, 0.05) is 38.5 Å². The van der Waals surface area contributed by atoms with E-state index in [1.807, 2.05) is 20.8 Å². The molecule has 10 nitrogen and oxygen atoms in total. The van der Waals surface area contributed by atoms with E-state index in [0.29, 0.717) is 37.4 Å². The number of hydrogen-bond donors (Lipinski definition) is 4. The average Bonchev–Trinajstić information content (AvgIpc) is 2.82. The summed E-state index contributed by atoms with van der Waals surface area (Å²) in [5.74, 6) is -0.633. The van der Waals surface area contributed by atoms with Crippen molar-refractivity contribution in [2.75, 3.05) is 34.0 Å². The molecule has 10 heteroatoms. The summed E-state index contributed by atoms with van der Waals surface area (Å²) in [5, 5.41) is 7.42. The summed E-state index contributed by atoms with van der Waals surface area (Å²) in [7, 11) is 3.33. The van der Waals surface area contributed by atoms with E-state index < -0.39 is 12.1 Å². The molecular formula is C23H43N5O5. The van der Waals surface area contributed by atoms with Crippen molar-refractivity contribution in [1.29, 1.82) is 0 Å². The maximum absolute atomic E-state index is 12.9. The van der Waals surface area contributed by atoms with Crippen LogP contribution in [0.5, 0.6) is 0 Å². The van der Waals surface area contributed by atoms with Gasteiger partial charge >= 0.3 is 5.97 Å². The minimum atomic E-state index is -0.801. The zero-order valence-corrected chi connectivity index (χ0v) is 21.0. The highest BCUT2D eigenvalue weighted by atomic mass is 16.5. The molecule has 1 amide bonds. The van der Waals surface area contributed by atoms with E-state index >= 15 is 0 Å². The van der Waals surface area contributed by atoms with Gasteiger partial charge in [0.25, 0.3) is 5.91 Å². The second-order valence-corrected chi connectivity index (χ2v) is 9.03. The van der Waals surface area contributed by atoms with E-state index in [-0.39, 0.29) is 36.5 Å². The number of rotatable bonds is 14. The third-order valence-corrected chi connectivity index (χ3v) is 5.83. The summed E-state index contributed by atoms with van der Waals surface area (Å²) in [6, 6.07) is -1.36. The highest BCUT2D eigenvalue weighted by Gasteiger charge is 2.32. The van der Waals surface area contributed by atoms with Crippen LogP contribution in [-0.4, -0.2) is 69.1 Å². The lowest BCUT2D eigenvalue weighted by Crippen LogP contribution is -2.59. The Labute approximate surface area is 198 Å². The van der Waals surface area contributed by atoms with Gasteiger partial charge in [0.15, 0.2) is 6.73 Å². The van der Waals surface area contributed by atoms with E-state index in [1.165, 1.54) is 11.3 Å². The molecule has 0 unspecified atom stereocenters. The zero-order chi connectivity index (χ0) is 25.0. The molecule has 0 aromatic carbocycles. The molecule has 0 spiro atoms. The molecule has 1 aliphatic rings. The molecule has 0 aromatic rings. The molecule has 5 N–H and O–H groups in total. The topological polar surface area (TPSA) is 127 Å². The second-order valence-electron chi connectivity index (χ2n) is 9.03. The fraction of sp³-hybridized carbons (Fsp3) is 0.739. The van der Waals surface area contributed by atoms with Gasteiger partial charge in [-0.05, 0) is 31.6 Å². The van der Waals surface area contributed by atoms with Gasteiger partial charge in [-0.1, -0.05) is 27.4 Å². The monoisotopic (exact) mass is 469 g/mol. The minimum Gasteiger partial charge on any atom is -0.479 e. The van der Waals surface area contributed by atoms with Crippen molar-refractivity contribution >= 4 is 11.9 Å². The molecule has 190 valence electrons. The zero-order valence-electron chi connectivity index (χ0n) is 21.0. The molecule has 33 heavy (non-hydrogen) atoms. The number of carbonyl (C=O) groups excluding carboxylic acids is 2. The molecule has 0 bridgehead atoms. The van der Waals surface area contributed by atoms with Crippen LogP contribution >= 0.6 is 0 Å². The molecule has 0 aliphatic carbocycles. The van der Waals surface area contributed by atoms with E-state index in [4.69, 9.17) is 19.9 Å². The number of amides is 1. The summed E-state index contributed by atoms with van der Waals surface area (Å²) < 4.78 is 16.1. The lowest BCUT2D eigenvalue weighted by Gasteiger charge is -2.34. The first kappa shape index (κ1) is 28.7. The summed E-state index contributed by atoms with van der Waals surface area (Å²) >= 11 is 0. The van der Waals surface area contributed by atoms with E-state index in [0.717, 1.165) is 6.42 Å². The maximum atomic E-state index is 12.9. The van der Waals surface area contributed by atoms with Crippen LogP contribution in [0.3, 0.4) is 0 Å². The van der Waals surface area contributed by atoms with Gasteiger partial charge in [-0.2, -0.15) is 0 Å². The molecule has 1 aliphatic heterocycles.